The van der Waals surface area contributed by atoms with E-state index in [0.717, 1.165) is 46.8 Å². The van der Waals surface area contributed by atoms with Crippen molar-refractivity contribution in [2.45, 2.75) is 19.8 Å². The molecule has 1 aromatic heterocycles. The second kappa shape index (κ2) is 6.65. The highest BCUT2D eigenvalue weighted by molar-refractivity contribution is 6.33. The SMILES string of the molecule is Cc1ccc2[nH]c(-c3cc(N4CCC(C(=O)O)CC4)ccc3Cl)nc2c1. The van der Waals surface area contributed by atoms with E-state index in [4.69, 9.17) is 16.7 Å². The summed E-state index contributed by atoms with van der Waals surface area (Å²) in [4.78, 5) is 21.4. The fourth-order valence-corrected chi connectivity index (χ4v) is 3.73. The summed E-state index contributed by atoms with van der Waals surface area (Å²) < 4.78 is 0. The molecule has 4 rings (SSSR count). The molecule has 6 heteroatoms. The van der Waals surface area contributed by atoms with Crippen LogP contribution >= 0.6 is 11.6 Å². The number of aliphatic carboxylic acids is 1. The van der Waals surface area contributed by atoms with Gasteiger partial charge >= 0.3 is 5.97 Å². The van der Waals surface area contributed by atoms with Gasteiger partial charge in [-0.15, -0.1) is 0 Å². The highest BCUT2D eigenvalue weighted by Gasteiger charge is 2.25. The average Bonchev–Trinajstić information content (AvgIpc) is 3.05. The number of anilines is 1. The third kappa shape index (κ3) is 3.15. The number of benzene rings is 2. The molecule has 0 spiro atoms. The summed E-state index contributed by atoms with van der Waals surface area (Å²) in [7, 11) is 0. The van der Waals surface area contributed by atoms with Crippen LogP contribution in [0.15, 0.2) is 36.4 Å². The largest absolute Gasteiger partial charge is 0.481 e. The van der Waals surface area contributed by atoms with E-state index in [9.17, 15) is 4.79 Å². The maximum Gasteiger partial charge on any atom is 0.306 e. The molecule has 1 saturated heterocycles. The van der Waals surface area contributed by atoms with Crippen LogP contribution in [0.4, 0.5) is 5.69 Å². The Morgan fingerprint density at radius 3 is 2.73 bits per heavy atom. The second-order valence-corrected chi connectivity index (χ2v) is 7.28. The topological polar surface area (TPSA) is 69.2 Å². The molecule has 2 N–H and O–H groups in total. The normalized spacial score (nSPS) is 15.5. The predicted molar refractivity (Wildman–Crippen MR) is 104 cm³/mol. The number of halogens is 1. The first kappa shape index (κ1) is 16.9. The minimum Gasteiger partial charge on any atom is -0.481 e. The first-order chi connectivity index (χ1) is 12.5. The number of aromatic nitrogens is 2. The quantitative estimate of drug-likeness (QED) is 0.713. The lowest BCUT2D eigenvalue weighted by Gasteiger charge is -2.32. The Bertz CT molecular complexity index is 974. The van der Waals surface area contributed by atoms with E-state index < -0.39 is 5.97 Å². The summed E-state index contributed by atoms with van der Waals surface area (Å²) in [5.41, 5.74) is 4.97. The lowest BCUT2D eigenvalue weighted by molar-refractivity contribution is -0.142. The zero-order chi connectivity index (χ0) is 18.3. The number of aromatic amines is 1. The van der Waals surface area contributed by atoms with Gasteiger partial charge in [0.2, 0.25) is 0 Å². The Kier molecular flexibility index (Phi) is 4.32. The van der Waals surface area contributed by atoms with Crippen molar-refractivity contribution in [2.24, 2.45) is 5.92 Å². The molecule has 0 atom stereocenters. The van der Waals surface area contributed by atoms with Crippen LogP contribution in [0.5, 0.6) is 0 Å². The first-order valence-electron chi connectivity index (χ1n) is 8.75. The molecule has 1 fully saturated rings. The Labute approximate surface area is 156 Å². The van der Waals surface area contributed by atoms with Crippen LogP contribution in [-0.2, 0) is 4.79 Å². The zero-order valence-corrected chi connectivity index (χ0v) is 15.3. The maximum atomic E-state index is 11.1. The summed E-state index contributed by atoms with van der Waals surface area (Å²) >= 11 is 6.44. The molecule has 0 amide bonds. The number of carboxylic acids is 1. The lowest BCUT2D eigenvalue weighted by Crippen LogP contribution is -2.36. The molecule has 0 aliphatic carbocycles. The van der Waals surface area contributed by atoms with Crippen molar-refractivity contribution < 1.29 is 9.90 Å². The molecule has 0 saturated carbocycles. The third-order valence-electron chi connectivity index (χ3n) is 5.05. The molecule has 26 heavy (non-hydrogen) atoms. The standard InChI is InChI=1S/C20H20ClN3O2/c1-12-2-5-17-18(10-12)23-19(22-17)15-11-14(3-4-16(15)21)24-8-6-13(7-9-24)20(25)26/h2-5,10-11,13H,6-9H2,1H3,(H,22,23)(H,25,26). The van der Waals surface area contributed by atoms with Crippen LogP contribution in [-0.4, -0.2) is 34.1 Å². The average molecular weight is 370 g/mol. The van der Waals surface area contributed by atoms with E-state index in [2.05, 4.69) is 20.9 Å². The number of imidazole rings is 1. The molecule has 1 aliphatic rings. The minimum atomic E-state index is -0.695. The number of hydrogen-bond acceptors (Lipinski definition) is 3. The Balaban J connectivity index is 1.65. The van der Waals surface area contributed by atoms with E-state index in [-0.39, 0.29) is 5.92 Å². The van der Waals surface area contributed by atoms with Gasteiger partial charge in [0.15, 0.2) is 0 Å². The van der Waals surface area contributed by atoms with Crippen LogP contribution in [0.1, 0.15) is 18.4 Å². The van der Waals surface area contributed by atoms with Crippen molar-refractivity contribution in [1.29, 1.82) is 0 Å². The Hall–Kier alpha value is -2.53. The number of aryl methyl sites for hydroxylation is 1. The molecule has 134 valence electrons. The lowest BCUT2D eigenvalue weighted by atomic mass is 9.96. The van der Waals surface area contributed by atoms with E-state index in [1.165, 1.54) is 0 Å². The summed E-state index contributed by atoms with van der Waals surface area (Å²) in [5.74, 6) is -0.187. The number of fused-ring (bicyclic) bond motifs is 1. The number of H-pyrrole nitrogens is 1. The van der Waals surface area contributed by atoms with Gasteiger partial charge < -0.3 is 15.0 Å². The van der Waals surface area contributed by atoms with Crippen molar-refractivity contribution in [1.82, 2.24) is 9.97 Å². The number of hydrogen-bond donors (Lipinski definition) is 2. The summed E-state index contributed by atoms with van der Waals surface area (Å²) in [6.45, 7) is 3.51. The monoisotopic (exact) mass is 369 g/mol. The molecule has 5 nitrogen and oxygen atoms in total. The summed E-state index contributed by atoms with van der Waals surface area (Å²) in [6.07, 6.45) is 1.33. The van der Waals surface area contributed by atoms with Gasteiger partial charge in [-0.25, -0.2) is 4.98 Å². The third-order valence-corrected chi connectivity index (χ3v) is 5.38. The fraction of sp³-hybridized carbons (Fsp3) is 0.300. The molecular formula is C20H20ClN3O2. The number of carbonyl (C=O) groups is 1. The number of rotatable bonds is 3. The molecule has 3 aromatic rings. The van der Waals surface area contributed by atoms with Gasteiger partial charge in [-0.3, -0.25) is 4.79 Å². The van der Waals surface area contributed by atoms with Crippen molar-refractivity contribution >= 4 is 34.3 Å². The maximum absolute atomic E-state index is 11.1. The fourth-order valence-electron chi connectivity index (χ4n) is 3.52. The van der Waals surface area contributed by atoms with Gasteiger partial charge in [0.25, 0.3) is 0 Å². The van der Waals surface area contributed by atoms with Crippen molar-refractivity contribution in [2.75, 3.05) is 18.0 Å². The Morgan fingerprint density at radius 1 is 1.23 bits per heavy atom. The molecule has 0 bridgehead atoms. The van der Waals surface area contributed by atoms with Crippen LogP contribution in [0.25, 0.3) is 22.4 Å². The molecule has 1 aliphatic heterocycles. The van der Waals surface area contributed by atoms with Crippen LogP contribution < -0.4 is 4.90 Å². The highest BCUT2D eigenvalue weighted by Crippen LogP contribution is 2.33. The van der Waals surface area contributed by atoms with Gasteiger partial charge in [-0.05, 0) is 55.7 Å². The summed E-state index contributed by atoms with van der Waals surface area (Å²) in [5, 5.41) is 9.81. The second-order valence-electron chi connectivity index (χ2n) is 6.87. The van der Waals surface area contributed by atoms with Crippen LogP contribution in [0, 0.1) is 12.8 Å². The number of nitrogens with zero attached hydrogens (tertiary/aromatic N) is 2. The molecular weight excluding hydrogens is 350 g/mol. The first-order valence-corrected chi connectivity index (χ1v) is 9.13. The smallest absolute Gasteiger partial charge is 0.306 e. The van der Waals surface area contributed by atoms with Gasteiger partial charge in [0, 0.05) is 24.3 Å². The minimum absolute atomic E-state index is 0.239. The number of carboxylic acid groups (broad SMARTS) is 1. The predicted octanol–water partition coefficient (Wildman–Crippen LogP) is 4.49. The van der Waals surface area contributed by atoms with Crippen molar-refractivity contribution in [3.63, 3.8) is 0 Å². The molecule has 0 unspecified atom stereocenters. The molecule has 2 aromatic carbocycles. The Morgan fingerprint density at radius 2 is 2.00 bits per heavy atom. The van der Waals surface area contributed by atoms with Gasteiger partial charge in [-0.2, -0.15) is 0 Å². The van der Waals surface area contributed by atoms with Crippen molar-refractivity contribution in [3.8, 4) is 11.4 Å². The van der Waals surface area contributed by atoms with Crippen LogP contribution in [0.2, 0.25) is 5.02 Å². The van der Waals surface area contributed by atoms with Gasteiger partial charge in [0.1, 0.15) is 5.82 Å². The zero-order valence-electron chi connectivity index (χ0n) is 14.5. The van der Waals surface area contributed by atoms with E-state index >= 15 is 0 Å². The molecule has 0 radical (unpaired) electrons. The van der Waals surface area contributed by atoms with E-state index in [0.29, 0.717) is 17.9 Å². The number of nitrogens with one attached hydrogen (secondary N) is 1. The molecule has 2 heterocycles. The van der Waals surface area contributed by atoms with E-state index in [1.54, 1.807) is 0 Å². The highest BCUT2D eigenvalue weighted by atomic mass is 35.5. The van der Waals surface area contributed by atoms with Gasteiger partial charge in [0.05, 0.1) is 22.0 Å². The number of piperidine rings is 1. The van der Waals surface area contributed by atoms with Crippen LogP contribution in [0.3, 0.4) is 0 Å². The van der Waals surface area contributed by atoms with Crippen molar-refractivity contribution in [3.05, 3.63) is 47.0 Å². The van der Waals surface area contributed by atoms with E-state index in [1.807, 2.05) is 37.3 Å². The summed E-state index contributed by atoms with van der Waals surface area (Å²) in [6, 6.07) is 12.0. The van der Waals surface area contributed by atoms with Gasteiger partial charge in [-0.1, -0.05) is 17.7 Å².